The van der Waals surface area contributed by atoms with Gasteiger partial charge in [-0.25, -0.2) is 0 Å². The van der Waals surface area contributed by atoms with Crippen LogP contribution in [0, 0.1) is 0 Å². The average molecular weight is 207 g/mol. The molecule has 0 heterocycles. The van der Waals surface area contributed by atoms with Gasteiger partial charge in [-0.1, -0.05) is 30.3 Å². The monoisotopic (exact) mass is 207 g/mol. The van der Waals surface area contributed by atoms with Crippen molar-refractivity contribution in [2.45, 2.75) is 12.5 Å². The molecule has 0 spiro atoms. The quantitative estimate of drug-likeness (QED) is 0.595. The highest BCUT2D eigenvalue weighted by Crippen LogP contribution is 2.00. The number of nitrogens with one attached hydrogen (secondary N) is 1. The van der Waals surface area contributed by atoms with Crippen LogP contribution in [0.1, 0.15) is 5.56 Å². The Bertz CT molecular complexity index is 300. The van der Waals surface area contributed by atoms with Crippen molar-refractivity contribution in [2.75, 3.05) is 13.1 Å². The van der Waals surface area contributed by atoms with Crippen molar-refractivity contribution < 1.29 is 4.79 Å². The summed E-state index contributed by atoms with van der Waals surface area (Å²) in [6.07, 6.45) is 0.798. The Balaban J connectivity index is 2.24. The molecule has 0 bridgehead atoms. The molecule has 1 rings (SSSR count). The third kappa shape index (κ3) is 5.15. The van der Waals surface area contributed by atoms with Crippen LogP contribution in [0.4, 0.5) is 0 Å². The summed E-state index contributed by atoms with van der Waals surface area (Å²) in [4.78, 5) is 10.5. The number of hydrogen-bond donors (Lipinski definition) is 3. The highest BCUT2D eigenvalue weighted by Gasteiger charge is 2.03. The molecule has 0 aliphatic carbocycles. The first kappa shape index (κ1) is 11.7. The lowest BCUT2D eigenvalue weighted by Gasteiger charge is -2.11. The third-order valence-electron chi connectivity index (χ3n) is 2.05. The van der Waals surface area contributed by atoms with Gasteiger partial charge >= 0.3 is 0 Å². The molecule has 0 saturated carbocycles. The van der Waals surface area contributed by atoms with Crippen LogP contribution in [0.15, 0.2) is 30.3 Å². The number of carbonyl (C=O) groups excluding carboxylic acids is 1. The summed E-state index contributed by atoms with van der Waals surface area (Å²) in [7, 11) is 0. The van der Waals surface area contributed by atoms with Gasteiger partial charge in [0.05, 0.1) is 6.54 Å². The maximum atomic E-state index is 10.5. The van der Waals surface area contributed by atoms with E-state index in [1.165, 1.54) is 5.56 Å². The lowest BCUT2D eigenvalue weighted by molar-refractivity contribution is -0.117. The molecule has 0 saturated heterocycles. The molecule has 1 aromatic carbocycles. The zero-order valence-electron chi connectivity index (χ0n) is 8.65. The first-order valence-corrected chi connectivity index (χ1v) is 4.97. The van der Waals surface area contributed by atoms with Crippen LogP contribution < -0.4 is 16.8 Å². The molecule has 0 radical (unpaired) electrons. The molecule has 4 heteroatoms. The number of rotatable bonds is 6. The second-order valence-electron chi connectivity index (χ2n) is 3.55. The molecule has 5 N–H and O–H groups in total. The zero-order chi connectivity index (χ0) is 11.1. The van der Waals surface area contributed by atoms with Crippen molar-refractivity contribution in [3.63, 3.8) is 0 Å². The van der Waals surface area contributed by atoms with E-state index in [0.29, 0.717) is 6.54 Å². The Kier molecular flexibility index (Phi) is 4.80. The fourth-order valence-corrected chi connectivity index (χ4v) is 1.37. The molecule has 4 nitrogen and oxygen atoms in total. The lowest BCUT2D eigenvalue weighted by Crippen LogP contribution is -2.39. The van der Waals surface area contributed by atoms with Crippen molar-refractivity contribution in [3.8, 4) is 0 Å². The van der Waals surface area contributed by atoms with Crippen molar-refractivity contribution in [2.24, 2.45) is 11.5 Å². The molecular weight excluding hydrogens is 190 g/mol. The third-order valence-corrected chi connectivity index (χ3v) is 2.05. The maximum Gasteiger partial charge on any atom is 0.231 e. The zero-order valence-corrected chi connectivity index (χ0v) is 8.65. The van der Waals surface area contributed by atoms with Crippen LogP contribution in [0.25, 0.3) is 0 Å². The molecule has 82 valence electrons. The van der Waals surface area contributed by atoms with E-state index in [1.807, 2.05) is 30.3 Å². The highest BCUT2D eigenvalue weighted by molar-refractivity contribution is 5.75. The predicted molar refractivity (Wildman–Crippen MR) is 60.2 cm³/mol. The second kappa shape index (κ2) is 6.16. The highest BCUT2D eigenvalue weighted by atomic mass is 16.1. The largest absolute Gasteiger partial charge is 0.369 e. The fraction of sp³-hybridized carbons (Fsp3) is 0.364. The summed E-state index contributed by atoms with van der Waals surface area (Å²) in [5.41, 5.74) is 12.1. The molecule has 0 fully saturated rings. The summed E-state index contributed by atoms with van der Waals surface area (Å²) < 4.78 is 0. The Morgan fingerprint density at radius 2 is 2.00 bits per heavy atom. The molecule has 1 atom stereocenters. The summed E-state index contributed by atoms with van der Waals surface area (Å²) in [6.45, 7) is 0.778. The molecule has 15 heavy (non-hydrogen) atoms. The molecule has 1 amide bonds. The van der Waals surface area contributed by atoms with Gasteiger partial charge in [-0.3, -0.25) is 4.79 Å². The van der Waals surface area contributed by atoms with E-state index in [-0.39, 0.29) is 18.5 Å². The minimum absolute atomic E-state index is 0.00625. The number of hydrogen-bond acceptors (Lipinski definition) is 3. The van der Waals surface area contributed by atoms with Gasteiger partial charge in [0, 0.05) is 12.6 Å². The number of amides is 1. The second-order valence-corrected chi connectivity index (χ2v) is 3.55. The van der Waals surface area contributed by atoms with Crippen LogP contribution in [-0.4, -0.2) is 25.0 Å². The van der Waals surface area contributed by atoms with Crippen molar-refractivity contribution in [3.05, 3.63) is 35.9 Å². The molecule has 0 aromatic heterocycles. The van der Waals surface area contributed by atoms with E-state index in [4.69, 9.17) is 11.5 Å². The van der Waals surface area contributed by atoms with Crippen LogP contribution in [0.2, 0.25) is 0 Å². The first-order valence-electron chi connectivity index (χ1n) is 4.97. The number of nitrogens with two attached hydrogens (primary N) is 2. The molecule has 0 aliphatic heterocycles. The summed E-state index contributed by atoms with van der Waals surface area (Å²) in [6, 6.07) is 10.0. The van der Waals surface area contributed by atoms with Crippen molar-refractivity contribution >= 4 is 5.91 Å². The van der Waals surface area contributed by atoms with Crippen LogP contribution in [0.5, 0.6) is 0 Å². The van der Waals surface area contributed by atoms with E-state index in [0.717, 1.165) is 6.42 Å². The maximum absolute atomic E-state index is 10.5. The Hall–Kier alpha value is -1.39. The van der Waals surface area contributed by atoms with E-state index >= 15 is 0 Å². The summed E-state index contributed by atoms with van der Waals surface area (Å²) >= 11 is 0. The van der Waals surface area contributed by atoms with Gasteiger partial charge in [0.2, 0.25) is 5.91 Å². The van der Waals surface area contributed by atoms with Gasteiger partial charge in [-0.2, -0.15) is 0 Å². The van der Waals surface area contributed by atoms with Gasteiger partial charge < -0.3 is 16.8 Å². The van der Waals surface area contributed by atoms with Gasteiger partial charge in [-0.05, 0) is 12.0 Å². The van der Waals surface area contributed by atoms with Gasteiger partial charge in [0.25, 0.3) is 0 Å². The van der Waals surface area contributed by atoms with Crippen molar-refractivity contribution in [1.82, 2.24) is 5.32 Å². The van der Waals surface area contributed by atoms with E-state index in [2.05, 4.69) is 5.32 Å². The number of benzene rings is 1. The average Bonchev–Trinajstić information content (AvgIpc) is 2.18. The smallest absolute Gasteiger partial charge is 0.231 e. The Labute approximate surface area is 89.6 Å². The molecule has 1 aromatic rings. The van der Waals surface area contributed by atoms with Crippen LogP contribution >= 0.6 is 0 Å². The lowest BCUT2D eigenvalue weighted by atomic mass is 10.1. The Morgan fingerprint density at radius 1 is 1.33 bits per heavy atom. The van der Waals surface area contributed by atoms with E-state index < -0.39 is 0 Å². The van der Waals surface area contributed by atoms with E-state index in [1.54, 1.807) is 0 Å². The standard InChI is InChI=1S/C11H17N3O/c12-10(7-14-8-11(13)15)6-9-4-2-1-3-5-9/h1-5,10,14H,6-8,12H2,(H2,13,15). The normalized spacial score (nSPS) is 12.3. The van der Waals surface area contributed by atoms with Gasteiger partial charge in [0.15, 0.2) is 0 Å². The minimum Gasteiger partial charge on any atom is -0.369 e. The van der Waals surface area contributed by atoms with Gasteiger partial charge in [0.1, 0.15) is 0 Å². The Morgan fingerprint density at radius 3 is 2.60 bits per heavy atom. The SMILES string of the molecule is NC(=O)CNCC(N)Cc1ccccc1. The fourth-order valence-electron chi connectivity index (χ4n) is 1.37. The predicted octanol–water partition coefficient (Wildman–Crippen LogP) is -0.369. The first-order chi connectivity index (χ1) is 7.18. The van der Waals surface area contributed by atoms with Gasteiger partial charge in [-0.15, -0.1) is 0 Å². The summed E-state index contributed by atoms with van der Waals surface area (Å²) in [5, 5.41) is 2.91. The number of carbonyl (C=O) groups is 1. The topological polar surface area (TPSA) is 81.1 Å². The number of primary amides is 1. The molecule has 0 aliphatic rings. The molecular formula is C11H17N3O. The van der Waals surface area contributed by atoms with Crippen LogP contribution in [0.3, 0.4) is 0 Å². The van der Waals surface area contributed by atoms with Crippen molar-refractivity contribution in [1.29, 1.82) is 0 Å². The summed E-state index contributed by atoms with van der Waals surface area (Å²) in [5.74, 6) is -0.359. The van der Waals surface area contributed by atoms with E-state index in [9.17, 15) is 4.79 Å². The minimum atomic E-state index is -0.359. The van der Waals surface area contributed by atoms with Crippen LogP contribution in [-0.2, 0) is 11.2 Å². The molecule has 1 unspecified atom stereocenters.